The molecule has 4 N–H and O–H groups in total. The molecule has 0 atom stereocenters. The average molecular weight is 653 g/mol. The van der Waals surface area contributed by atoms with E-state index in [1.165, 1.54) is 154 Å². The molecule has 16 saturated carbocycles. The lowest BCUT2D eigenvalue weighted by Gasteiger charge is -2.60. The van der Waals surface area contributed by atoms with Gasteiger partial charge in [-0.25, -0.2) is 20.4 Å². The molecule has 0 amide bonds. The fourth-order valence-corrected chi connectivity index (χ4v) is 18.3. The fraction of sp³-hybridized carbons (Fsp3) is 0.952. The van der Waals surface area contributed by atoms with Crippen molar-refractivity contribution < 1.29 is 0 Å². The summed E-state index contributed by atoms with van der Waals surface area (Å²) in [6.45, 7) is 0. The maximum absolute atomic E-state index is 7.60. The van der Waals surface area contributed by atoms with E-state index in [2.05, 4.69) is 15.8 Å². The standard InChI is InChI=1S/C42H64N6/c43-37(44-39-13-25-1-26(14-39)3-27(2-25)15-39)48(47-42-22-34-10-35(23-42)12-36(11-34)24-42)38(45-40-16-28-4-29(17-40)6-30(5-28)18-40)46-41-19-31-7-32(20-41)9-33(8-31)21-41/h25-36,47H,1-24H2,(H2,43,44)(H,45,46). The van der Waals surface area contributed by atoms with Crippen LogP contribution in [0.3, 0.4) is 0 Å². The van der Waals surface area contributed by atoms with Crippen LogP contribution in [0.4, 0.5) is 0 Å². The van der Waals surface area contributed by atoms with Crippen molar-refractivity contribution in [3.05, 3.63) is 0 Å². The largest absolute Gasteiger partial charge is 0.368 e. The normalized spacial score (nSPS) is 58.0. The number of guanidine groups is 2. The van der Waals surface area contributed by atoms with Gasteiger partial charge in [0.2, 0.25) is 11.9 Å². The van der Waals surface area contributed by atoms with E-state index in [0.717, 1.165) is 82.9 Å². The topological polar surface area (TPSA) is 78.0 Å². The van der Waals surface area contributed by atoms with Crippen molar-refractivity contribution in [3.63, 3.8) is 0 Å². The van der Waals surface area contributed by atoms with Crippen LogP contribution in [0.15, 0.2) is 9.98 Å². The summed E-state index contributed by atoms with van der Waals surface area (Å²) in [7, 11) is 0. The van der Waals surface area contributed by atoms with Crippen LogP contribution in [-0.4, -0.2) is 39.1 Å². The Morgan fingerprint density at radius 2 is 0.708 bits per heavy atom. The van der Waals surface area contributed by atoms with Crippen molar-refractivity contribution in [2.45, 2.75) is 176 Å². The molecule has 48 heavy (non-hydrogen) atoms. The van der Waals surface area contributed by atoms with E-state index >= 15 is 0 Å². The zero-order chi connectivity index (χ0) is 31.5. The van der Waals surface area contributed by atoms with Gasteiger partial charge in [0.25, 0.3) is 0 Å². The summed E-state index contributed by atoms with van der Waals surface area (Å²) in [4.78, 5) is 12.0. The monoisotopic (exact) mass is 653 g/mol. The van der Waals surface area contributed by atoms with Gasteiger partial charge in [-0.15, -0.1) is 0 Å². The average Bonchev–Trinajstić information content (AvgIpc) is 2.96. The van der Waals surface area contributed by atoms with Gasteiger partial charge in [0.05, 0.1) is 11.1 Å². The van der Waals surface area contributed by atoms with Gasteiger partial charge in [-0.1, -0.05) is 0 Å². The van der Waals surface area contributed by atoms with Gasteiger partial charge in [0.15, 0.2) is 0 Å². The Kier molecular flexibility index (Phi) is 6.09. The van der Waals surface area contributed by atoms with E-state index in [0.29, 0.717) is 0 Å². The van der Waals surface area contributed by atoms with Crippen LogP contribution >= 0.6 is 0 Å². The SMILES string of the molecule is NC(=NC12CC3CC(CC(C3)C1)C2)N(NC12CC3CC(CC(C3)C1)C2)C(=NC12CC3CC(CC(C3)C1)C2)NC12CC3CC(CC(C3)C1)C2. The van der Waals surface area contributed by atoms with Gasteiger partial charge in [0.1, 0.15) is 0 Å². The third kappa shape index (κ3) is 4.70. The Bertz CT molecular complexity index is 1270. The summed E-state index contributed by atoms with van der Waals surface area (Å²) < 4.78 is 0. The van der Waals surface area contributed by atoms with Crippen LogP contribution in [-0.2, 0) is 0 Å². The molecule has 16 aliphatic rings. The Hall–Kier alpha value is -1.30. The smallest absolute Gasteiger partial charge is 0.217 e. The molecule has 16 rings (SSSR count). The predicted molar refractivity (Wildman–Crippen MR) is 191 cm³/mol. The number of aliphatic imine (C=N–C) groups is 2. The van der Waals surface area contributed by atoms with E-state index in [1.807, 2.05) is 0 Å². The molecule has 0 saturated heterocycles. The maximum atomic E-state index is 7.60. The molecule has 0 aliphatic heterocycles. The second kappa shape index (κ2) is 9.97. The minimum Gasteiger partial charge on any atom is -0.368 e. The fourth-order valence-electron chi connectivity index (χ4n) is 18.3. The first-order chi connectivity index (χ1) is 23.2. The van der Waals surface area contributed by atoms with Gasteiger partial charge >= 0.3 is 0 Å². The highest BCUT2D eigenvalue weighted by molar-refractivity contribution is 5.98. The molecule has 0 spiro atoms. The van der Waals surface area contributed by atoms with Crippen molar-refractivity contribution in [1.29, 1.82) is 0 Å². The molecule has 6 nitrogen and oxygen atoms in total. The van der Waals surface area contributed by atoms with Crippen molar-refractivity contribution in [2.75, 3.05) is 0 Å². The second-order valence-electron chi connectivity index (χ2n) is 22.2. The summed E-state index contributed by atoms with van der Waals surface area (Å²) in [5, 5.41) is 6.88. The van der Waals surface area contributed by atoms with Gasteiger partial charge in [-0.3, -0.25) is 0 Å². The summed E-state index contributed by atoms with van der Waals surface area (Å²) in [5.41, 5.74) is 12.5. The van der Waals surface area contributed by atoms with E-state index in [9.17, 15) is 0 Å². The van der Waals surface area contributed by atoms with Crippen molar-refractivity contribution in [2.24, 2.45) is 86.7 Å². The number of nitrogens with zero attached hydrogens (tertiary/aromatic N) is 3. The highest BCUT2D eigenvalue weighted by Crippen LogP contribution is 2.60. The summed E-state index contributed by atoms with van der Waals surface area (Å²) in [6.07, 6.45) is 33.4. The Balaban J connectivity index is 0.970. The Morgan fingerprint density at radius 1 is 0.417 bits per heavy atom. The molecule has 0 aromatic heterocycles. The van der Waals surface area contributed by atoms with Gasteiger partial charge < -0.3 is 11.1 Å². The van der Waals surface area contributed by atoms with E-state index in [1.54, 1.807) is 0 Å². The highest BCUT2D eigenvalue weighted by Gasteiger charge is 2.57. The Labute approximate surface area is 290 Å². The third-order valence-corrected chi connectivity index (χ3v) is 17.9. The molecule has 0 radical (unpaired) electrons. The van der Waals surface area contributed by atoms with Gasteiger partial charge in [-0.2, -0.15) is 0 Å². The summed E-state index contributed by atoms with van der Waals surface area (Å²) in [6, 6.07) is 0. The molecule has 0 aromatic rings. The van der Waals surface area contributed by atoms with Crippen LogP contribution in [0.5, 0.6) is 0 Å². The molecule has 0 aromatic carbocycles. The number of nitrogens with one attached hydrogen (secondary N) is 2. The van der Waals surface area contributed by atoms with Crippen LogP contribution < -0.4 is 16.5 Å². The molecule has 16 fully saturated rings. The lowest BCUT2D eigenvalue weighted by molar-refractivity contribution is -0.0400. The predicted octanol–water partition coefficient (Wildman–Crippen LogP) is 7.93. The Morgan fingerprint density at radius 3 is 1.06 bits per heavy atom. The molecule has 0 unspecified atom stereocenters. The first kappa shape index (κ1) is 29.3. The second-order valence-corrected chi connectivity index (χ2v) is 22.2. The van der Waals surface area contributed by atoms with Crippen molar-refractivity contribution in [3.8, 4) is 0 Å². The molecular weight excluding hydrogens is 589 g/mol. The zero-order valence-electron chi connectivity index (χ0n) is 29.8. The van der Waals surface area contributed by atoms with E-state index in [4.69, 9.17) is 15.7 Å². The third-order valence-electron chi connectivity index (χ3n) is 17.9. The summed E-state index contributed by atoms with van der Waals surface area (Å²) in [5.74, 6) is 12.6. The number of nitrogens with two attached hydrogens (primary N) is 1. The maximum Gasteiger partial charge on any atom is 0.217 e. The number of hydrazine groups is 1. The zero-order valence-corrected chi connectivity index (χ0v) is 29.8. The summed E-state index contributed by atoms with van der Waals surface area (Å²) >= 11 is 0. The molecule has 262 valence electrons. The van der Waals surface area contributed by atoms with Gasteiger partial charge in [0, 0.05) is 11.1 Å². The highest BCUT2D eigenvalue weighted by atomic mass is 15.6. The van der Waals surface area contributed by atoms with Crippen molar-refractivity contribution in [1.82, 2.24) is 15.8 Å². The quantitative estimate of drug-likeness (QED) is 0.160. The number of hydrogen-bond donors (Lipinski definition) is 3. The van der Waals surface area contributed by atoms with E-state index in [-0.39, 0.29) is 22.2 Å². The molecule has 6 heteroatoms. The van der Waals surface area contributed by atoms with Crippen molar-refractivity contribution >= 4 is 11.9 Å². The number of rotatable bonds is 5. The minimum atomic E-state index is 0.0622. The molecule has 16 bridgehead atoms. The lowest BCUT2D eigenvalue weighted by Crippen LogP contribution is -2.71. The molecule has 0 heterocycles. The van der Waals surface area contributed by atoms with Crippen LogP contribution in [0, 0.1) is 71.0 Å². The van der Waals surface area contributed by atoms with Crippen LogP contribution in [0.2, 0.25) is 0 Å². The first-order valence-electron chi connectivity index (χ1n) is 21.5. The molecule has 16 aliphatic carbocycles. The number of hydrogen-bond acceptors (Lipinski definition) is 3. The first-order valence-corrected chi connectivity index (χ1v) is 21.5. The van der Waals surface area contributed by atoms with E-state index < -0.39 is 0 Å². The molecular formula is C42H64N6. The minimum absolute atomic E-state index is 0.0622. The van der Waals surface area contributed by atoms with Crippen LogP contribution in [0.25, 0.3) is 0 Å². The van der Waals surface area contributed by atoms with Gasteiger partial charge in [-0.05, 0) is 225 Å². The van der Waals surface area contributed by atoms with Crippen LogP contribution in [0.1, 0.15) is 154 Å². The lowest BCUT2D eigenvalue weighted by atomic mass is 9.53.